The minimum absolute atomic E-state index is 0.0291. The van der Waals surface area contributed by atoms with E-state index in [2.05, 4.69) is 5.16 Å². The Balaban J connectivity index is 2.06. The number of benzene rings is 2. The molecule has 0 unspecified atom stereocenters. The number of ketones is 1. The SMILES string of the molecule is O=C1/C(=N/O)Cc2cc(-c3ccc(O)c(Cl)c3)ccc21. The second-order valence-electron chi connectivity index (χ2n) is 4.59. The Kier molecular flexibility index (Phi) is 2.95. The maximum Gasteiger partial charge on any atom is 0.211 e. The van der Waals surface area contributed by atoms with Gasteiger partial charge in [0.1, 0.15) is 11.5 Å². The lowest BCUT2D eigenvalue weighted by Crippen LogP contribution is -2.06. The Labute approximate surface area is 119 Å². The minimum atomic E-state index is -0.238. The smallest absolute Gasteiger partial charge is 0.211 e. The van der Waals surface area contributed by atoms with E-state index in [0.29, 0.717) is 12.0 Å². The number of carbonyl (C=O) groups excluding carboxylic acids is 1. The number of hydrogen-bond donors (Lipinski definition) is 2. The molecular formula is C15H10ClNO3. The van der Waals surface area contributed by atoms with Crippen molar-refractivity contribution in [2.75, 3.05) is 0 Å². The highest BCUT2D eigenvalue weighted by Gasteiger charge is 2.27. The van der Waals surface area contributed by atoms with Crippen LogP contribution in [0.5, 0.6) is 5.75 Å². The van der Waals surface area contributed by atoms with Crippen LogP contribution in [0.1, 0.15) is 15.9 Å². The van der Waals surface area contributed by atoms with Crippen molar-refractivity contribution in [3.63, 3.8) is 0 Å². The number of nitrogens with zero attached hydrogens (tertiary/aromatic N) is 1. The third kappa shape index (κ3) is 1.94. The highest BCUT2D eigenvalue weighted by molar-refractivity contribution is 6.49. The second-order valence-corrected chi connectivity index (χ2v) is 5.00. The summed E-state index contributed by atoms with van der Waals surface area (Å²) in [6.45, 7) is 0. The summed E-state index contributed by atoms with van der Waals surface area (Å²) in [6.07, 6.45) is 0.324. The Morgan fingerprint density at radius 3 is 2.50 bits per heavy atom. The third-order valence-corrected chi connectivity index (χ3v) is 3.67. The average molecular weight is 288 g/mol. The lowest BCUT2D eigenvalue weighted by atomic mass is 10.0. The van der Waals surface area contributed by atoms with E-state index in [0.717, 1.165) is 16.7 Å². The fraction of sp³-hybridized carbons (Fsp3) is 0.0667. The fourth-order valence-corrected chi connectivity index (χ4v) is 2.50. The molecule has 0 heterocycles. The fourth-order valence-electron chi connectivity index (χ4n) is 2.32. The van der Waals surface area contributed by atoms with E-state index in [-0.39, 0.29) is 22.3 Å². The molecule has 2 N–H and O–H groups in total. The normalized spacial score (nSPS) is 15.7. The molecule has 3 rings (SSSR count). The number of phenols is 1. The molecular weight excluding hydrogens is 278 g/mol. The van der Waals surface area contributed by atoms with Crippen LogP contribution in [0.3, 0.4) is 0 Å². The van der Waals surface area contributed by atoms with Crippen LogP contribution in [0.2, 0.25) is 5.02 Å². The van der Waals surface area contributed by atoms with Crippen LogP contribution in [0.25, 0.3) is 11.1 Å². The van der Waals surface area contributed by atoms with Gasteiger partial charge in [0.2, 0.25) is 5.78 Å². The first-order chi connectivity index (χ1) is 9.60. The molecule has 1 aliphatic rings. The van der Waals surface area contributed by atoms with Gasteiger partial charge >= 0.3 is 0 Å². The van der Waals surface area contributed by atoms with E-state index >= 15 is 0 Å². The monoisotopic (exact) mass is 287 g/mol. The van der Waals surface area contributed by atoms with E-state index in [1.807, 2.05) is 6.07 Å². The summed E-state index contributed by atoms with van der Waals surface area (Å²) in [6, 6.07) is 10.3. The van der Waals surface area contributed by atoms with Crippen LogP contribution in [-0.2, 0) is 6.42 Å². The van der Waals surface area contributed by atoms with Gasteiger partial charge in [-0.25, -0.2) is 0 Å². The molecule has 0 saturated carbocycles. The van der Waals surface area contributed by atoms with Gasteiger partial charge in [0.05, 0.1) is 5.02 Å². The summed E-state index contributed by atoms with van der Waals surface area (Å²) < 4.78 is 0. The summed E-state index contributed by atoms with van der Waals surface area (Å²) in [5, 5.41) is 21.5. The van der Waals surface area contributed by atoms with Crippen LogP contribution in [0.4, 0.5) is 0 Å². The second kappa shape index (κ2) is 4.65. The molecule has 0 radical (unpaired) electrons. The first-order valence-electron chi connectivity index (χ1n) is 5.97. The quantitative estimate of drug-likeness (QED) is 0.624. The molecule has 4 nitrogen and oxygen atoms in total. The van der Waals surface area contributed by atoms with Crippen molar-refractivity contribution >= 4 is 23.1 Å². The van der Waals surface area contributed by atoms with Crippen LogP contribution in [-0.4, -0.2) is 21.8 Å². The standard InChI is InChI=1S/C15H10ClNO3/c16-12-6-9(2-4-14(12)18)8-1-3-11-10(5-8)7-13(17-20)15(11)19/h1-6,18,20H,7H2/b17-13+. The highest BCUT2D eigenvalue weighted by Crippen LogP contribution is 2.31. The summed E-state index contributed by atoms with van der Waals surface area (Å²) in [4.78, 5) is 11.8. The molecule has 0 amide bonds. The molecule has 0 aliphatic heterocycles. The zero-order valence-corrected chi connectivity index (χ0v) is 11.1. The van der Waals surface area contributed by atoms with Gasteiger partial charge in [-0.1, -0.05) is 41.0 Å². The average Bonchev–Trinajstić information content (AvgIpc) is 2.78. The number of Topliss-reactive ketones (excluding diaryl/α,β-unsaturated/α-hetero) is 1. The number of carbonyl (C=O) groups is 1. The molecule has 0 aromatic heterocycles. The number of hydrogen-bond acceptors (Lipinski definition) is 4. The number of aromatic hydroxyl groups is 1. The first-order valence-corrected chi connectivity index (χ1v) is 6.35. The van der Waals surface area contributed by atoms with Crippen molar-refractivity contribution in [3.8, 4) is 16.9 Å². The van der Waals surface area contributed by atoms with E-state index < -0.39 is 0 Å². The van der Waals surface area contributed by atoms with Crippen molar-refractivity contribution < 1.29 is 15.1 Å². The Morgan fingerprint density at radius 1 is 1.10 bits per heavy atom. The number of phenolic OH excluding ortho intramolecular Hbond substituents is 1. The van der Waals surface area contributed by atoms with Crippen LogP contribution in [0.15, 0.2) is 41.6 Å². The van der Waals surface area contributed by atoms with E-state index in [1.54, 1.807) is 24.3 Å². The number of fused-ring (bicyclic) bond motifs is 1. The maximum atomic E-state index is 11.8. The van der Waals surface area contributed by atoms with Crippen molar-refractivity contribution in [3.05, 3.63) is 52.5 Å². The topological polar surface area (TPSA) is 69.9 Å². The minimum Gasteiger partial charge on any atom is -0.506 e. The highest BCUT2D eigenvalue weighted by atomic mass is 35.5. The first kappa shape index (κ1) is 12.7. The molecule has 0 atom stereocenters. The van der Waals surface area contributed by atoms with Gasteiger partial charge in [0.15, 0.2) is 0 Å². The lowest BCUT2D eigenvalue weighted by molar-refractivity contribution is 0.106. The third-order valence-electron chi connectivity index (χ3n) is 3.37. The zero-order chi connectivity index (χ0) is 14.3. The maximum absolute atomic E-state index is 11.8. The summed E-state index contributed by atoms with van der Waals surface area (Å²) >= 11 is 5.89. The number of rotatable bonds is 1. The molecule has 2 aromatic rings. The van der Waals surface area contributed by atoms with E-state index in [9.17, 15) is 9.90 Å². The van der Waals surface area contributed by atoms with Crippen molar-refractivity contribution in [2.45, 2.75) is 6.42 Å². The summed E-state index contributed by atoms with van der Waals surface area (Å²) in [7, 11) is 0. The van der Waals surface area contributed by atoms with Gasteiger partial charge in [-0.3, -0.25) is 4.79 Å². The van der Waals surface area contributed by atoms with Gasteiger partial charge in [0, 0.05) is 12.0 Å². The van der Waals surface area contributed by atoms with Gasteiger partial charge in [0.25, 0.3) is 0 Å². The predicted octanol–water partition coefficient (Wildman–Crippen LogP) is 3.28. The predicted molar refractivity (Wildman–Crippen MR) is 75.8 cm³/mol. The van der Waals surface area contributed by atoms with Gasteiger partial charge in [-0.05, 0) is 28.8 Å². The van der Waals surface area contributed by atoms with Gasteiger partial charge in [-0.15, -0.1) is 0 Å². The Hall–Kier alpha value is -2.33. The lowest BCUT2D eigenvalue weighted by Gasteiger charge is -2.05. The van der Waals surface area contributed by atoms with Crippen molar-refractivity contribution in [1.82, 2.24) is 0 Å². The molecule has 2 aromatic carbocycles. The van der Waals surface area contributed by atoms with Gasteiger partial charge < -0.3 is 10.3 Å². The summed E-state index contributed by atoms with van der Waals surface area (Å²) in [5.74, 6) is -0.209. The largest absolute Gasteiger partial charge is 0.506 e. The molecule has 0 bridgehead atoms. The van der Waals surface area contributed by atoms with Gasteiger partial charge in [-0.2, -0.15) is 0 Å². The van der Waals surface area contributed by atoms with Crippen molar-refractivity contribution in [1.29, 1.82) is 0 Å². The zero-order valence-electron chi connectivity index (χ0n) is 10.3. The molecule has 100 valence electrons. The number of oxime groups is 1. The van der Waals surface area contributed by atoms with Crippen LogP contribution < -0.4 is 0 Å². The number of halogens is 1. The Morgan fingerprint density at radius 2 is 1.80 bits per heavy atom. The molecule has 0 saturated heterocycles. The van der Waals surface area contributed by atoms with Crippen molar-refractivity contribution in [2.24, 2.45) is 5.16 Å². The van der Waals surface area contributed by atoms with E-state index in [1.165, 1.54) is 6.07 Å². The van der Waals surface area contributed by atoms with Crippen LogP contribution >= 0.6 is 11.6 Å². The Bertz CT molecular complexity index is 753. The van der Waals surface area contributed by atoms with Crippen LogP contribution in [0, 0.1) is 0 Å². The molecule has 1 aliphatic carbocycles. The molecule has 5 heteroatoms. The summed E-state index contributed by atoms with van der Waals surface area (Å²) in [5.41, 5.74) is 3.27. The molecule has 20 heavy (non-hydrogen) atoms. The molecule has 0 fully saturated rings. The van der Waals surface area contributed by atoms with E-state index in [4.69, 9.17) is 16.8 Å². The molecule has 0 spiro atoms.